The van der Waals surface area contributed by atoms with Crippen molar-refractivity contribution in [2.45, 2.75) is 50.6 Å². The summed E-state index contributed by atoms with van der Waals surface area (Å²) in [7, 11) is 1.30. The van der Waals surface area contributed by atoms with Crippen molar-refractivity contribution in [1.82, 2.24) is 0 Å². The molecule has 3 aromatic carbocycles. The zero-order valence-electron chi connectivity index (χ0n) is 22.7. The Hall–Kier alpha value is -2.64. The van der Waals surface area contributed by atoms with E-state index in [4.69, 9.17) is 24.4 Å². The van der Waals surface area contributed by atoms with Crippen molar-refractivity contribution in [2.75, 3.05) is 27.4 Å². The molecule has 3 aromatic rings. The van der Waals surface area contributed by atoms with E-state index in [0.717, 1.165) is 28.2 Å². The van der Waals surface area contributed by atoms with Crippen LogP contribution in [0.25, 0.3) is 0 Å². The van der Waals surface area contributed by atoms with Gasteiger partial charge >= 0.3 is 0 Å². The lowest BCUT2D eigenvalue weighted by atomic mass is 9.80. The molecule has 0 fully saturated rings. The largest absolute Gasteiger partial charge is 0.497 e. The van der Waals surface area contributed by atoms with Gasteiger partial charge in [-0.3, -0.25) is 0 Å². The molecule has 0 saturated carbocycles. The first-order valence-corrected chi connectivity index (χ1v) is 15.3. The summed E-state index contributed by atoms with van der Waals surface area (Å²) in [5.74, 6) is 1.58. The summed E-state index contributed by atoms with van der Waals surface area (Å²) in [5.41, 5.74) is 8.34. The predicted molar refractivity (Wildman–Crippen MR) is 149 cm³/mol. The van der Waals surface area contributed by atoms with Crippen LogP contribution in [0.15, 0.2) is 78.9 Å². The SMILES string of the molecule is COc1ccc(C(OCC(CN)O[Si](C)(C)C(C)(C)C)(c2ccccc2)c2ccc(OC)cc2)cc1. The van der Waals surface area contributed by atoms with Crippen LogP contribution in [-0.2, 0) is 14.8 Å². The van der Waals surface area contributed by atoms with Crippen molar-refractivity contribution < 1.29 is 18.6 Å². The summed E-state index contributed by atoms with van der Waals surface area (Å²) in [4.78, 5) is 0. The van der Waals surface area contributed by atoms with E-state index in [9.17, 15) is 0 Å². The maximum atomic E-state index is 6.98. The van der Waals surface area contributed by atoms with Gasteiger partial charge in [0.15, 0.2) is 8.32 Å². The molecule has 0 heterocycles. The summed E-state index contributed by atoms with van der Waals surface area (Å²) in [6.45, 7) is 11.9. The minimum absolute atomic E-state index is 0.0723. The highest BCUT2D eigenvalue weighted by Gasteiger charge is 2.41. The zero-order valence-corrected chi connectivity index (χ0v) is 23.7. The average Bonchev–Trinajstić information content (AvgIpc) is 2.88. The quantitative estimate of drug-likeness (QED) is 0.242. The molecule has 0 amide bonds. The van der Waals surface area contributed by atoms with Crippen molar-refractivity contribution in [2.24, 2.45) is 5.73 Å². The first kappa shape index (κ1) is 27.9. The minimum atomic E-state index is -2.04. The standard InChI is InChI=1S/C30H41NO4Si/c1-29(2,3)36(6,7)35-28(21-31)22-34-30(23-11-9-8-10-12-23,24-13-17-26(32-4)18-14-24)25-15-19-27(33-5)20-16-25/h8-20,28H,21-22,31H2,1-7H3. The summed E-state index contributed by atoms with van der Waals surface area (Å²) in [6, 6.07) is 26.4. The van der Waals surface area contributed by atoms with Gasteiger partial charge < -0.3 is 24.4 Å². The Labute approximate surface area is 217 Å². The topological polar surface area (TPSA) is 62.9 Å². The number of methoxy groups -OCH3 is 2. The van der Waals surface area contributed by atoms with Crippen molar-refractivity contribution in [3.8, 4) is 11.5 Å². The summed E-state index contributed by atoms with van der Waals surface area (Å²) in [5, 5.41) is 0.0723. The Kier molecular flexibility index (Phi) is 9.01. The predicted octanol–water partition coefficient (Wildman–Crippen LogP) is 6.36. The van der Waals surface area contributed by atoms with Crippen molar-refractivity contribution in [1.29, 1.82) is 0 Å². The third-order valence-corrected chi connectivity index (χ3v) is 11.7. The van der Waals surface area contributed by atoms with Crippen LogP contribution in [0.3, 0.4) is 0 Å². The van der Waals surface area contributed by atoms with Gasteiger partial charge in [-0.25, -0.2) is 0 Å². The number of hydrogen-bond acceptors (Lipinski definition) is 5. The van der Waals surface area contributed by atoms with Crippen LogP contribution in [0.2, 0.25) is 18.1 Å². The van der Waals surface area contributed by atoms with Gasteiger partial charge in [0, 0.05) is 6.54 Å². The molecule has 1 atom stereocenters. The number of hydrogen-bond donors (Lipinski definition) is 1. The molecule has 6 heteroatoms. The Morgan fingerprint density at radius 3 is 1.56 bits per heavy atom. The van der Waals surface area contributed by atoms with Crippen LogP contribution in [-0.4, -0.2) is 41.8 Å². The molecule has 1 unspecified atom stereocenters. The molecule has 0 saturated heterocycles. The fraction of sp³-hybridized carbons (Fsp3) is 0.400. The van der Waals surface area contributed by atoms with E-state index in [0.29, 0.717) is 13.2 Å². The van der Waals surface area contributed by atoms with Gasteiger partial charge in [-0.15, -0.1) is 0 Å². The number of nitrogens with two attached hydrogens (primary N) is 1. The van der Waals surface area contributed by atoms with Crippen LogP contribution in [0.1, 0.15) is 37.5 Å². The maximum absolute atomic E-state index is 6.98. The highest BCUT2D eigenvalue weighted by Crippen LogP contribution is 2.42. The second kappa shape index (κ2) is 11.6. The monoisotopic (exact) mass is 507 g/mol. The average molecular weight is 508 g/mol. The van der Waals surface area contributed by atoms with E-state index >= 15 is 0 Å². The Bertz CT molecular complexity index is 1030. The molecule has 0 aromatic heterocycles. The molecule has 0 bridgehead atoms. The molecular weight excluding hydrogens is 466 g/mol. The van der Waals surface area contributed by atoms with Crippen LogP contribution in [0.5, 0.6) is 11.5 Å². The molecule has 0 radical (unpaired) electrons. The molecule has 194 valence electrons. The van der Waals surface area contributed by atoms with Gasteiger partial charge in [-0.05, 0) is 59.1 Å². The Morgan fingerprint density at radius 1 is 0.722 bits per heavy atom. The lowest BCUT2D eigenvalue weighted by Crippen LogP contribution is -2.48. The number of rotatable bonds is 11. The molecule has 3 rings (SSSR count). The lowest BCUT2D eigenvalue weighted by Gasteiger charge is -2.41. The minimum Gasteiger partial charge on any atom is -0.497 e. The van der Waals surface area contributed by atoms with Crippen molar-refractivity contribution in [3.63, 3.8) is 0 Å². The second-order valence-corrected chi connectivity index (χ2v) is 15.3. The smallest absolute Gasteiger partial charge is 0.192 e. The van der Waals surface area contributed by atoms with Gasteiger partial charge in [0.25, 0.3) is 0 Å². The van der Waals surface area contributed by atoms with Gasteiger partial charge in [-0.1, -0.05) is 75.4 Å². The van der Waals surface area contributed by atoms with Gasteiger partial charge in [-0.2, -0.15) is 0 Å². The molecule has 0 spiro atoms. The Balaban J connectivity index is 2.12. The van der Waals surface area contributed by atoms with E-state index in [1.807, 2.05) is 42.5 Å². The molecule has 0 aliphatic rings. The van der Waals surface area contributed by atoms with Crippen molar-refractivity contribution in [3.05, 3.63) is 95.6 Å². The summed E-state index contributed by atoms with van der Waals surface area (Å²) in [6.07, 6.45) is -0.231. The number of ether oxygens (including phenoxy) is 3. The first-order chi connectivity index (χ1) is 17.1. The van der Waals surface area contributed by atoms with E-state index in [-0.39, 0.29) is 11.1 Å². The maximum Gasteiger partial charge on any atom is 0.192 e. The number of benzene rings is 3. The highest BCUT2D eigenvalue weighted by atomic mass is 28.4. The Morgan fingerprint density at radius 2 is 1.17 bits per heavy atom. The molecule has 2 N–H and O–H groups in total. The lowest BCUT2D eigenvalue weighted by molar-refractivity contribution is -0.0313. The second-order valence-electron chi connectivity index (χ2n) is 10.6. The zero-order chi connectivity index (χ0) is 26.4. The van der Waals surface area contributed by atoms with Gasteiger partial charge in [0.05, 0.1) is 26.9 Å². The summed E-state index contributed by atoms with van der Waals surface area (Å²) < 4.78 is 24.5. The van der Waals surface area contributed by atoms with E-state index in [2.05, 4.69) is 70.3 Å². The van der Waals surface area contributed by atoms with E-state index < -0.39 is 13.9 Å². The molecular formula is C30H41NO4Si. The van der Waals surface area contributed by atoms with E-state index in [1.165, 1.54) is 0 Å². The van der Waals surface area contributed by atoms with Crippen LogP contribution in [0.4, 0.5) is 0 Å². The normalized spacial score (nSPS) is 13.3. The van der Waals surface area contributed by atoms with Crippen LogP contribution >= 0.6 is 0 Å². The highest BCUT2D eigenvalue weighted by molar-refractivity contribution is 6.74. The molecule has 36 heavy (non-hydrogen) atoms. The van der Waals surface area contributed by atoms with Crippen molar-refractivity contribution >= 4 is 8.32 Å². The van der Waals surface area contributed by atoms with Crippen LogP contribution in [0, 0.1) is 0 Å². The third kappa shape index (κ3) is 6.01. The summed E-state index contributed by atoms with van der Waals surface area (Å²) >= 11 is 0. The molecule has 0 aliphatic carbocycles. The fourth-order valence-electron chi connectivity index (χ4n) is 4.04. The first-order valence-electron chi connectivity index (χ1n) is 12.4. The van der Waals surface area contributed by atoms with Gasteiger partial charge in [0.1, 0.15) is 17.1 Å². The van der Waals surface area contributed by atoms with E-state index in [1.54, 1.807) is 14.2 Å². The fourth-order valence-corrected chi connectivity index (χ4v) is 5.39. The molecule has 0 aliphatic heterocycles. The van der Waals surface area contributed by atoms with Gasteiger partial charge in [0.2, 0.25) is 0 Å². The molecule has 5 nitrogen and oxygen atoms in total. The van der Waals surface area contributed by atoms with Crippen LogP contribution < -0.4 is 15.2 Å². The third-order valence-electron chi connectivity index (χ3n) is 7.19.